The van der Waals surface area contributed by atoms with Crippen LogP contribution in [-0.4, -0.2) is 26.8 Å². The van der Waals surface area contributed by atoms with E-state index in [9.17, 15) is 8.42 Å². The third kappa shape index (κ3) is 2.57. The molecule has 4 atom stereocenters. The molecule has 3 N–H and O–H groups in total. The molecular formula is C11H22N2O2S. The lowest BCUT2D eigenvalue weighted by molar-refractivity contribution is 0.173. The van der Waals surface area contributed by atoms with E-state index < -0.39 is 10.0 Å². The van der Waals surface area contributed by atoms with Gasteiger partial charge in [0.2, 0.25) is 10.0 Å². The van der Waals surface area contributed by atoms with Crippen molar-refractivity contribution in [3.05, 3.63) is 0 Å². The SMILES string of the molecule is CCCS(=O)(=O)NCC1CC2CC(N)C2C1. The summed E-state index contributed by atoms with van der Waals surface area (Å²) in [6.07, 6.45) is 4.09. The Bertz CT molecular complexity index is 342. The molecule has 94 valence electrons. The van der Waals surface area contributed by atoms with E-state index in [1.165, 1.54) is 0 Å². The Labute approximate surface area is 98.0 Å². The number of fused-ring (bicyclic) bond motifs is 1. The van der Waals surface area contributed by atoms with Crippen LogP contribution < -0.4 is 10.5 Å². The maximum absolute atomic E-state index is 11.5. The fourth-order valence-electron chi connectivity index (χ4n) is 3.15. The zero-order chi connectivity index (χ0) is 11.8. The lowest BCUT2D eigenvalue weighted by Gasteiger charge is -2.37. The molecule has 4 unspecified atom stereocenters. The van der Waals surface area contributed by atoms with E-state index in [0.29, 0.717) is 30.8 Å². The second kappa shape index (κ2) is 4.63. The summed E-state index contributed by atoms with van der Waals surface area (Å²) < 4.78 is 25.7. The van der Waals surface area contributed by atoms with Gasteiger partial charge in [-0.2, -0.15) is 0 Å². The zero-order valence-electron chi connectivity index (χ0n) is 9.85. The van der Waals surface area contributed by atoms with Gasteiger partial charge in [-0.3, -0.25) is 0 Å². The number of rotatable bonds is 5. The van der Waals surface area contributed by atoms with Crippen LogP contribution in [0.3, 0.4) is 0 Å². The minimum Gasteiger partial charge on any atom is -0.327 e. The molecule has 2 rings (SSSR count). The summed E-state index contributed by atoms with van der Waals surface area (Å²) >= 11 is 0. The van der Waals surface area contributed by atoms with Crippen molar-refractivity contribution >= 4 is 10.0 Å². The molecular weight excluding hydrogens is 224 g/mol. The van der Waals surface area contributed by atoms with E-state index in [0.717, 1.165) is 25.2 Å². The monoisotopic (exact) mass is 246 g/mol. The second-order valence-corrected chi connectivity index (χ2v) is 7.25. The molecule has 0 saturated heterocycles. The first-order valence-corrected chi connectivity index (χ1v) is 7.90. The summed E-state index contributed by atoms with van der Waals surface area (Å²) in [6.45, 7) is 2.50. The van der Waals surface area contributed by atoms with Crippen molar-refractivity contribution in [1.29, 1.82) is 0 Å². The van der Waals surface area contributed by atoms with Gasteiger partial charge in [0, 0.05) is 12.6 Å². The minimum atomic E-state index is -3.03. The van der Waals surface area contributed by atoms with Crippen LogP contribution in [0, 0.1) is 17.8 Å². The van der Waals surface area contributed by atoms with Gasteiger partial charge in [0.1, 0.15) is 0 Å². The molecule has 2 aliphatic rings. The third-order valence-corrected chi connectivity index (χ3v) is 5.59. The lowest BCUT2D eigenvalue weighted by atomic mass is 9.72. The molecule has 0 aromatic carbocycles. The standard InChI is InChI=1S/C11H22N2O2S/c1-2-3-16(14,15)13-7-8-4-9-6-11(12)10(9)5-8/h8-11,13H,2-7,12H2,1H3. The van der Waals surface area contributed by atoms with Gasteiger partial charge in [0.25, 0.3) is 0 Å². The van der Waals surface area contributed by atoms with Gasteiger partial charge in [0.15, 0.2) is 0 Å². The van der Waals surface area contributed by atoms with Gasteiger partial charge >= 0.3 is 0 Å². The Kier molecular flexibility index (Phi) is 3.56. The molecule has 2 aliphatic carbocycles. The Balaban J connectivity index is 1.76. The van der Waals surface area contributed by atoms with Gasteiger partial charge in [-0.15, -0.1) is 0 Å². The van der Waals surface area contributed by atoms with Gasteiger partial charge < -0.3 is 5.73 Å². The molecule has 0 bridgehead atoms. The third-order valence-electron chi connectivity index (χ3n) is 4.04. The molecule has 4 nitrogen and oxygen atoms in total. The topological polar surface area (TPSA) is 72.2 Å². The highest BCUT2D eigenvalue weighted by molar-refractivity contribution is 7.89. The van der Waals surface area contributed by atoms with Crippen LogP contribution in [0.5, 0.6) is 0 Å². The largest absolute Gasteiger partial charge is 0.327 e. The zero-order valence-corrected chi connectivity index (χ0v) is 10.7. The highest BCUT2D eigenvalue weighted by Gasteiger charge is 2.45. The first-order valence-electron chi connectivity index (χ1n) is 6.24. The highest BCUT2D eigenvalue weighted by atomic mass is 32.2. The van der Waals surface area contributed by atoms with Crippen molar-refractivity contribution in [3.63, 3.8) is 0 Å². The van der Waals surface area contributed by atoms with Crippen molar-refractivity contribution in [2.75, 3.05) is 12.3 Å². The number of hydrogen-bond acceptors (Lipinski definition) is 3. The molecule has 0 heterocycles. The van der Waals surface area contributed by atoms with Crippen LogP contribution in [0.15, 0.2) is 0 Å². The average molecular weight is 246 g/mol. The normalized spacial score (nSPS) is 38.1. The molecule has 5 heteroatoms. The van der Waals surface area contributed by atoms with E-state index in [-0.39, 0.29) is 5.75 Å². The fraction of sp³-hybridized carbons (Fsp3) is 1.00. The molecule has 0 radical (unpaired) electrons. The van der Waals surface area contributed by atoms with Crippen LogP contribution in [-0.2, 0) is 10.0 Å². The molecule has 2 saturated carbocycles. The smallest absolute Gasteiger partial charge is 0.211 e. The first-order chi connectivity index (χ1) is 7.52. The molecule has 0 spiro atoms. The van der Waals surface area contributed by atoms with E-state index >= 15 is 0 Å². The number of nitrogens with one attached hydrogen (secondary N) is 1. The number of hydrogen-bond donors (Lipinski definition) is 2. The van der Waals surface area contributed by atoms with Crippen LogP contribution in [0.2, 0.25) is 0 Å². The highest BCUT2D eigenvalue weighted by Crippen LogP contribution is 2.48. The van der Waals surface area contributed by atoms with E-state index in [2.05, 4.69) is 4.72 Å². The molecule has 0 amide bonds. The summed E-state index contributed by atoms with van der Waals surface area (Å²) in [5.41, 5.74) is 5.92. The average Bonchev–Trinajstić information content (AvgIpc) is 2.52. The lowest BCUT2D eigenvalue weighted by Crippen LogP contribution is -2.44. The predicted octanol–water partition coefficient (Wildman–Crippen LogP) is 0.689. The Morgan fingerprint density at radius 1 is 1.31 bits per heavy atom. The van der Waals surface area contributed by atoms with Crippen LogP contribution in [0.25, 0.3) is 0 Å². The van der Waals surface area contributed by atoms with E-state index in [1.54, 1.807) is 0 Å². The fourth-order valence-corrected chi connectivity index (χ4v) is 4.32. The minimum absolute atomic E-state index is 0.242. The Morgan fingerprint density at radius 2 is 2.06 bits per heavy atom. The van der Waals surface area contributed by atoms with Crippen LogP contribution in [0.1, 0.15) is 32.6 Å². The molecule has 0 aromatic rings. The summed E-state index contributed by atoms with van der Waals surface area (Å²) in [4.78, 5) is 0. The Morgan fingerprint density at radius 3 is 2.62 bits per heavy atom. The maximum Gasteiger partial charge on any atom is 0.211 e. The summed E-state index contributed by atoms with van der Waals surface area (Å²) in [6, 6.07) is 0.377. The Hall–Kier alpha value is -0.130. The van der Waals surface area contributed by atoms with Crippen molar-refractivity contribution < 1.29 is 8.42 Å². The van der Waals surface area contributed by atoms with Crippen molar-refractivity contribution in [2.45, 2.75) is 38.6 Å². The van der Waals surface area contributed by atoms with Crippen LogP contribution in [0.4, 0.5) is 0 Å². The van der Waals surface area contributed by atoms with Crippen molar-refractivity contribution in [3.8, 4) is 0 Å². The van der Waals surface area contributed by atoms with Gasteiger partial charge in [-0.1, -0.05) is 6.92 Å². The van der Waals surface area contributed by atoms with E-state index in [4.69, 9.17) is 5.73 Å². The summed E-state index contributed by atoms with van der Waals surface area (Å²) in [5.74, 6) is 2.19. The van der Waals surface area contributed by atoms with Crippen LogP contribution >= 0.6 is 0 Å². The van der Waals surface area contributed by atoms with Gasteiger partial charge in [0.05, 0.1) is 5.75 Å². The van der Waals surface area contributed by atoms with Crippen molar-refractivity contribution in [1.82, 2.24) is 4.72 Å². The summed E-state index contributed by atoms with van der Waals surface area (Å²) in [7, 11) is -3.03. The van der Waals surface area contributed by atoms with Crippen molar-refractivity contribution in [2.24, 2.45) is 23.5 Å². The summed E-state index contributed by atoms with van der Waals surface area (Å²) in [5, 5.41) is 0. The molecule has 0 aliphatic heterocycles. The number of sulfonamides is 1. The van der Waals surface area contributed by atoms with Gasteiger partial charge in [-0.25, -0.2) is 13.1 Å². The second-order valence-electron chi connectivity index (χ2n) is 5.33. The number of nitrogens with two attached hydrogens (primary N) is 1. The molecule has 16 heavy (non-hydrogen) atoms. The maximum atomic E-state index is 11.5. The molecule has 2 fully saturated rings. The van der Waals surface area contributed by atoms with E-state index in [1.807, 2.05) is 6.92 Å². The quantitative estimate of drug-likeness (QED) is 0.749. The predicted molar refractivity (Wildman–Crippen MR) is 64.4 cm³/mol. The van der Waals surface area contributed by atoms with Gasteiger partial charge in [-0.05, 0) is 43.4 Å². The first kappa shape index (κ1) is 12.3. The molecule has 0 aromatic heterocycles.